The monoisotopic (exact) mass is 892 g/mol. The average molecular weight is 893 g/mol. The van der Waals surface area contributed by atoms with E-state index in [1.807, 2.05) is 38.1 Å². The van der Waals surface area contributed by atoms with Crippen LogP contribution in [0, 0.1) is 28.6 Å². The minimum Gasteiger partial charge on any atom is -0.393 e. The van der Waals surface area contributed by atoms with Crippen molar-refractivity contribution >= 4 is 52.6 Å². The predicted molar refractivity (Wildman–Crippen MR) is 234 cm³/mol. The number of hydrogen-bond donors (Lipinski definition) is 6. The largest absolute Gasteiger partial charge is 0.393 e. The van der Waals surface area contributed by atoms with E-state index in [9.17, 15) is 43.8 Å². The van der Waals surface area contributed by atoms with Gasteiger partial charge in [0.2, 0.25) is 17.7 Å². The van der Waals surface area contributed by atoms with Crippen LogP contribution in [0.2, 0.25) is 0 Å². The molecule has 4 fully saturated rings. The van der Waals surface area contributed by atoms with Crippen molar-refractivity contribution in [3.8, 4) is 0 Å². The second-order valence-corrected chi connectivity index (χ2v) is 18.7. The van der Waals surface area contributed by atoms with Gasteiger partial charge in [-0.25, -0.2) is 4.98 Å². The number of nitrogens with one attached hydrogen (secondary N) is 4. The van der Waals surface area contributed by atoms with Gasteiger partial charge in [0.15, 0.2) is 23.5 Å². The molecule has 65 heavy (non-hydrogen) atoms. The van der Waals surface area contributed by atoms with Crippen molar-refractivity contribution in [2.45, 2.75) is 109 Å². The molecule has 3 saturated carbocycles. The number of aromatic nitrogens is 1. The van der Waals surface area contributed by atoms with Crippen LogP contribution in [0.3, 0.4) is 0 Å². The van der Waals surface area contributed by atoms with Gasteiger partial charge in [-0.3, -0.25) is 38.5 Å². The van der Waals surface area contributed by atoms with E-state index < -0.39 is 88.9 Å². The Hall–Kier alpha value is -5.88. The zero-order chi connectivity index (χ0) is 46.6. The van der Waals surface area contributed by atoms with Crippen molar-refractivity contribution in [2.75, 3.05) is 23.8 Å². The number of aliphatic hydroxyl groups is 2. The zero-order valence-corrected chi connectivity index (χ0v) is 37.0. The number of rotatable bonds is 14. The van der Waals surface area contributed by atoms with Gasteiger partial charge in [0.25, 0.3) is 11.8 Å². The molecule has 0 spiro atoms. The van der Waals surface area contributed by atoms with Crippen LogP contribution in [-0.2, 0) is 43.0 Å². The van der Waals surface area contributed by atoms with Crippen LogP contribution in [0.4, 0.5) is 11.5 Å². The second kappa shape index (κ2) is 17.5. The number of amides is 5. The number of aliphatic hydroxyl groups excluding tert-OH is 2. The number of fused-ring (bicyclic) bond motifs is 7. The van der Waals surface area contributed by atoms with Crippen molar-refractivity contribution in [1.82, 2.24) is 20.5 Å². The number of hydrogen-bond acceptors (Lipinski definition) is 13. The summed E-state index contributed by atoms with van der Waals surface area (Å²) in [5.74, 6) is -2.65. The molecule has 2 aliphatic heterocycles. The highest BCUT2D eigenvalue weighted by atomic mass is 16.7. The molecule has 17 nitrogen and oxygen atoms in total. The fourth-order valence-electron chi connectivity index (χ4n) is 11.5. The Morgan fingerprint density at radius 2 is 1.65 bits per heavy atom. The summed E-state index contributed by atoms with van der Waals surface area (Å²) in [4.78, 5) is 93.1. The molecule has 3 heterocycles. The van der Waals surface area contributed by atoms with Gasteiger partial charge in [-0.2, -0.15) is 0 Å². The Kier molecular flexibility index (Phi) is 12.3. The molecule has 0 bridgehead atoms. The first-order valence-corrected chi connectivity index (χ1v) is 22.2. The lowest BCUT2D eigenvalue weighted by Gasteiger charge is -2.59. The lowest BCUT2D eigenvalue weighted by Crippen LogP contribution is -2.63. The lowest BCUT2D eigenvalue weighted by atomic mass is 9.46. The van der Waals surface area contributed by atoms with E-state index in [0.717, 1.165) is 41.0 Å². The number of carbonyl (C=O) groups is 7. The van der Waals surface area contributed by atoms with Gasteiger partial charge in [-0.15, -0.1) is 0 Å². The van der Waals surface area contributed by atoms with Gasteiger partial charge in [-0.1, -0.05) is 37.6 Å². The lowest BCUT2D eigenvalue weighted by molar-refractivity contribution is -0.201. The fourth-order valence-corrected chi connectivity index (χ4v) is 11.5. The summed E-state index contributed by atoms with van der Waals surface area (Å²) in [6.45, 7) is 8.18. The molecule has 6 aliphatic rings. The van der Waals surface area contributed by atoms with Crippen LogP contribution in [0.15, 0.2) is 78.5 Å². The maximum absolute atomic E-state index is 13.9. The van der Waals surface area contributed by atoms with Gasteiger partial charge < -0.3 is 41.0 Å². The van der Waals surface area contributed by atoms with E-state index in [0.29, 0.717) is 23.5 Å². The SMILES string of the molecule is C[C@H](NC(=O)CCN1C(=O)C=CC1=O)C(=O)N[C@@H](C)C(=O)Nc1ccc([C@H](C)Nc2ccc([C@@H]3O[C@@H]4C[C@H]5[C@@H]6CCC7=CC(=O)C=C[C@]7(C)C6[C@@H](O)C[C@]5(C)[C@]4(C(=O)CO)O3)cn2)cc1. The first-order chi connectivity index (χ1) is 30.9. The Morgan fingerprint density at radius 3 is 2.32 bits per heavy atom. The number of carbonyl (C=O) groups excluding carboxylic acids is 7. The number of imide groups is 1. The molecule has 0 radical (unpaired) electrons. The van der Waals surface area contributed by atoms with Gasteiger partial charge in [0, 0.05) is 65.4 Å². The normalized spacial score (nSPS) is 32.3. The number of benzene rings is 1. The molecular formula is C48H56N6O11. The highest BCUT2D eigenvalue weighted by Gasteiger charge is 2.76. The second-order valence-electron chi connectivity index (χ2n) is 18.7. The topological polar surface area (TPSA) is 243 Å². The quantitative estimate of drug-likeness (QED) is 0.150. The van der Waals surface area contributed by atoms with Gasteiger partial charge >= 0.3 is 0 Å². The van der Waals surface area contributed by atoms with Crippen molar-refractivity contribution in [3.63, 3.8) is 0 Å². The highest BCUT2D eigenvalue weighted by molar-refractivity contribution is 6.13. The average Bonchev–Trinajstić information content (AvgIpc) is 3.90. The summed E-state index contributed by atoms with van der Waals surface area (Å²) < 4.78 is 13.3. The van der Waals surface area contributed by atoms with Crippen LogP contribution in [0.1, 0.15) is 90.2 Å². The summed E-state index contributed by atoms with van der Waals surface area (Å²) in [6, 6.07) is 8.62. The molecule has 12 atom stereocenters. The molecule has 4 aliphatic carbocycles. The Bertz CT molecular complexity index is 2370. The van der Waals surface area contributed by atoms with Crippen molar-refractivity contribution in [1.29, 1.82) is 0 Å². The summed E-state index contributed by atoms with van der Waals surface area (Å²) in [5.41, 5.74) is 0.264. The number of allylic oxidation sites excluding steroid dienone is 4. The third-order valence-electron chi connectivity index (χ3n) is 14.9. The number of ether oxygens (including phenoxy) is 2. The van der Waals surface area contributed by atoms with E-state index in [1.54, 1.807) is 36.5 Å². The number of nitrogens with zero attached hydrogens (tertiary/aromatic N) is 2. The molecule has 8 rings (SSSR count). The first-order valence-electron chi connectivity index (χ1n) is 22.2. The molecule has 344 valence electrons. The molecule has 1 saturated heterocycles. The van der Waals surface area contributed by atoms with E-state index in [2.05, 4.69) is 33.2 Å². The Labute approximate surface area is 376 Å². The molecule has 17 heteroatoms. The minimum atomic E-state index is -1.47. The maximum atomic E-state index is 13.9. The number of ketones is 2. The van der Waals surface area contributed by atoms with Crippen molar-refractivity contribution in [3.05, 3.63) is 89.7 Å². The molecule has 1 aromatic carbocycles. The summed E-state index contributed by atoms with van der Waals surface area (Å²) in [6.07, 6.45) is 8.93. The molecular weight excluding hydrogens is 837 g/mol. The van der Waals surface area contributed by atoms with Gasteiger partial charge in [0.1, 0.15) is 24.5 Å². The van der Waals surface area contributed by atoms with Crippen LogP contribution in [0.5, 0.6) is 0 Å². The van der Waals surface area contributed by atoms with Crippen molar-refractivity contribution < 1.29 is 53.2 Å². The fraction of sp³-hybridized carbons (Fsp3) is 0.500. The number of pyridine rings is 1. The van der Waals surface area contributed by atoms with Crippen LogP contribution < -0.4 is 21.3 Å². The smallest absolute Gasteiger partial charge is 0.253 e. The van der Waals surface area contributed by atoms with E-state index in [4.69, 9.17) is 9.47 Å². The molecule has 5 amide bonds. The van der Waals surface area contributed by atoms with Gasteiger partial charge in [0.05, 0.1) is 12.2 Å². The molecule has 1 aromatic heterocycles. The third-order valence-corrected chi connectivity index (χ3v) is 14.9. The Morgan fingerprint density at radius 1 is 0.938 bits per heavy atom. The molecule has 2 aromatic rings. The standard InChI is InChI=1S/C48H56N6O11/c1-25(28-6-10-31(11-7-28)53-44(63)27(3)52-43(62)26(2)51-39(59)17-19-54-40(60)14-15-41(54)61)50-38-13-8-29(23-49-38)45-64-37-21-34-33-12-9-30-20-32(56)16-18-46(30,4)42(33)35(57)22-47(34,5)48(37,65-45)36(58)24-55/h6-8,10-11,13-16,18,20,23,25-27,33-35,37,42,45,55,57H,9,12,17,19,21-22,24H2,1-5H3,(H,49,50)(H,51,59)(H,52,62)(H,53,63)/t25-,26-,27-,33-,34-,35-,37+,42?,45+,46-,47-,48+/m0/s1. The minimum absolute atomic E-state index is 0.0216. The zero-order valence-electron chi connectivity index (χ0n) is 37.0. The van der Waals surface area contributed by atoms with Crippen LogP contribution in [-0.4, -0.2) is 104 Å². The summed E-state index contributed by atoms with van der Waals surface area (Å²) >= 11 is 0. The third kappa shape index (κ3) is 8.12. The number of Topliss-reactive ketones (excluding diaryl/α,β-unsaturated/α-hetero) is 1. The van der Waals surface area contributed by atoms with E-state index >= 15 is 0 Å². The van der Waals surface area contributed by atoms with Crippen LogP contribution >= 0.6 is 0 Å². The van der Waals surface area contributed by atoms with Crippen molar-refractivity contribution in [2.24, 2.45) is 28.6 Å². The summed E-state index contributed by atoms with van der Waals surface area (Å²) in [5, 5.41) is 33.5. The maximum Gasteiger partial charge on any atom is 0.253 e. The summed E-state index contributed by atoms with van der Waals surface area (Å²) in [7, 11) is 0. The highest BCUT2D eigenvalue weighted by Crippen LogP contribution is 2.70. The van der Waals surface area contributed by atoms with E-state index in [1.165, 1.54) is 13.8 Å². The van der Waals surface area contributed by atoms with Gasteiger partial charge in [-0.05, 0) is 100 Å². The first kappa shape index (κ1) is 45.7. The predicted octanol–water partition coefficient (Wildman–Crippen LogP) is 3.12. The van der Waals surface area contributed by atoms with Crippen LogP contribution in [0.25, 0.3) is 0 Å². The Balaban J connectivity index is 0.841. The molecule has 6 N–H and O–H groups in total. The van der Waals surface area contributed by atoms with E-state index in [-0.39, 0.29) is 49.0 Å². The number of anilines is 2. The molecule has 1 unspecified atom stereocenters.